The Labute approximate surface area is 112 Å². The van der Waals surface area contributed by atoms with Crippen LogP contribution >= 0.6 is 0 Å². The fraction of sp³-hybridized carbons (Fsp3) is 0.571. The molecular formula is C14H20N2O3. The van der Waals surface area contributed by atoms with E-state index in [2.05, 4.69) is 10.3 Å². The molecule has 0 aliphatic heterocycles. The number of carboxylic acids is 1. The number of hydrogen-bond donors (Lipinski definition) is 3. The molecule has 3 N–H and O–H groups in total. The van der Waals surface area contributed by atoms with Gasteiger partial charge in [0.25, 0.3) is 0 Å². The fourth-order valence-electron chi connectivity index (χ4n) is 2.82. The van der Waals surface area contributed by atoms with E-state index in [0.717, 1.165) is 31.4 Å². The zero-order valence-electron chi connectivity index (χ0n) is 11.4. The van der Waals surface area contributed by atoms with Crippen LogP contribution in [0.4, 0.5) is 5.82 Å². The van der Waals surface area contributed by atoms with Crippen molar-refractivity contribution in [3.63, 3.8) is 0 Å². The molecule has 19 heavy (non-hydrogen) atoms. The maximum absolute atomic E-state index is 11.4. The van der Waals surface area contributed by atoms with Gasteiger partial charge in [-0.1, -0.05) is 12.8 Å². The smallest absolute Gasteiger partial charge is 0.339 e. The monoisotopic (exact) mass is 264 g/mol. The molecule has 0 spiro atoms. The molecule has 0 radical (unpaired) electrons. The van der Waals surface area contributed by atoms with Crippen LogP contribution < -0.4 is 5.32 Å². The summed E-state index contributed by atoms with van der Waals surface area (Å²) >= 11 is 0. The molecule has 5 heteroatoms. The van der Waals surface area contributed by atoms with E-state index in [4.69, 9.17) is 0 Å². The molecule has 0 unspecified atom stereocenters. The fourth-order valence-corrected chi connectivity index (χ4v) is 2.82. The number of anilines is 1. The number of carbonyl (C=O) groups is 1. The summed E-state index contributed by atoms with van der Waals surface area (Å²) in [5.41, 5.74) is 1.24. The van der Waals surface area contributed by atoms with Gasteiger partial charge in [-0.2, -0.15) is 0 Å². The molecular weight excluding hydrogens is 244 g/mol. The minimum Gasteiger partial charge on any atom is -0.478 e. The van der Waals surface area contributed by atoms with Crippen molar-refractivity contribution in [2.24, 2.45) is 0 Å². The molecule has 0 amide bonds. The largest absolute Gasteiger partial charge is 0.478 e. The molecule has 2 rings (SSSR count). The van der Waals surface area contributed by atoms with E-state index in [1.807, 2.05) is 6.92 Å². The van der Waals surface area contributed by atoms with Crippen LogP contribution in [-0.4, -0.2) is 33.3 Å². The van der Waals surface area contributed by atoms with Gasteiger partial charge in [0, 0.05) is 5.69 Å². The second-order valence-corrected chi connectivity index (χ2v) is 5.38. The number of nitrogens with zero attached hydrogens (tertiary/aromatic N) is 1. The number of aromatic nitrogens is 1. The Morgan fingerprint density at radius 1 is 1.42 bits per heavy atom. The van der Waals surface area contributed by atoms with Gasteiger partial charge in [-0.25, -0.2) is 9.78 Å². The molecule has 1 heterocycles. The predicted octanol–water partition coefficient (Wildman–Crippen LogP) is 2.11. The van der Waals surface area contributed by atoms with E-state index in [1.165, 1.54) is 0 Å². The number of hydrogen-bond acceptors (Lipinski definition) is 4. The zero-order valence-corrected chi connectivity index (χ0v) is 11.4. The third-order valence-corrected chi connectivity index (χ3v) is 3.81. The molecule has 1 fully saturated rings. The molecule has 5 nitrogen and oxygen atoms in total. The molecule has 0 aromatic carbocycles. The van der Waals surface area contributed by atoms with Crippen molar-refractivity contribution >= 4 is 11.8 Å². The normalized spacial score (nSPS) is 17.4. The minimum absolute atomic E-state index is 0.000723. The summed E-state index contributed by atoms with van der Waals surface area (Å²) in [4.78, 5) is 15.7. The van der Waals surface area contributed by atoms with Gasteiger partial charge in [0.1, 0.15) is 11.4 Å². The van der Waals surface area contributed by atoms with Crippen molar-refractivity contribution in [2.75, 3.05) is 11.9 Å². The molecule has 1 aliphatic rings. The highest BCUT2D eigenvalue weighted by atomic mass is 16.4. The Bertz CT molecular complexity index is 494. The highest BCUT2D eigenvalue weighted by Crippen LogP contribution is 2.33. The molecule has 0 atom stereocenters. The van der Waals surface area contributed by atoms with Gasteiger partial charge in [0.2, 0.25) is 0 Å². The first-order valence-corrected chi connectivity index (χ1v) is 6.58. The van der Waals surface area contributed by atoms with Gasteiger partial charge in [0.15, 0.2) is 0 Å². The van der Waals surface area contributed by atoms with Gasteiger partial charge in [0.05, 0.1) is 12.1 Å². The summed E-state index contributed by atoms with van der Waals surface area (Å²) in [6.45, 7) is 3.61. The highest BCUT2D eigenvalue weighted by Gasteiger charge is 2.34. The molecule has 0 saturated heterocycles. The van der Waals surface area contributed by atoms with Gasteiger partial charge >= 0.3 is 5.97 Å². The van der Waals surface area contributed by atoms with Crippen molar-refractivity contribution in [3.8, 4) is 0 Å². The third-order valence-electron chi connectivity index (χ3n) is 3.81. The maximum Gasteiger partial charge on any atom is 0.339 e. The lowest BCUT2D eigenvalue weighted by molar-refractivity contribution is 0.0696. The third kappa shape index (κ3) is 2.71. The predicted molar refractivity (Wildman–Crippen MR) is 72.6 cm³/mol. The van der Waals surface area contributed by atoms with Gasteiger partial charge in [-0.05, 0) is 38.3 Å². The summed E-state index contributed by atoms with van der Waals surface area (Å²) in [5.74, 6) is -0.612. The first-order chi connectivity index (χ1) is 8.97. The van der Waals surface area contributed by atoms with E-state index in [0.29, 0.717) is 11.4 Å². The van der Waals surface area contributed by atoms with Crippen molar-refractivity contribution in [3.05, 3.63) is 22.9 Å². The SMILES string of the molecule is Cc1cc(C)c(C(=O)O)c(NC2(CO)CCCC2)n1. The number of rotatable bonds is 4. The van der Waals surface area contributed by atoms with E-state index in [9.17, 15) is 15.0 Å². The van der Waals surface area contributed by atoms with Crippen molar-refractivity contribution < 1.29 is 15.0 Å². The average molecular weight is 264 g/mol. The number of aliphatic hydroxyl groups is 1. The van der Waals surface area contributed by atoms with E-state index < -0.39 is 11.5 Å². The average Bonchev–Trinajstić information content (AvgIpc) is 2.76. The van der Waals surface area contributed by atoms with Crippen LogP contribution in [0.5, 0.6) is 0 Å². The first-order valence-electron chi connectivity index (χ1n) is 6.58. The summed E-state index contributed by atoms with van der Waals surface area (Å²) in [5, 5.41) is 22.1. The van der Waals surface area contributed by atoms with Gasteiger partial charge in [-0.3, -0.25) is 0 Å². The Balaban J connectivity index is 2.41. The zero-order chi connectivity index (χ0) is 14.0. The standard InChI is InChI=1S/C14H20N2O3/c1-9-7-10(2)15-12(11(9)13(18)19)16-14(8-17)5-3-4-6-14/h7,17H,3-6,8H2,1-2H3,(H,15,16)(H,18,19). The summed E-state index contributed by atoms with van der Waals surface area (Å²) in [6.07, 6.45) is 3.77. The number of aliphatic hydroxyl groups excluding tert-OH is 1. The Morgan fingerprint density at radius 3 is 2.58 bits per heavy atom. The molecule has 1 aliphatic carbocycles. The summed E-state index contributed by atoms with van der Waals surface area (Å²) in [7, 11) is 0. The lowest BCUT2D eigenvalue weighted by Crippen LogP contribution is -2.40. The van der Waals surface area contributed by atoms with Crippen LogP contribution in [0, 0.1) is 13.8 Å². The lowest BCUT2D eigenvalue weighted by Gasteiger charge is -2.29. The minimum atomic E-state index is -0.987. The molecule has 1 aromatic heterocycles. The van der Waals surface area contributed by atoms with E-state index in [1.54, 1.807) is 13.0 Å². The van der Waals surface area contributed by atoms with Crippen LogP contribution in [0.3, 0.4) is 0 Å². The quantitative estimate of drug-likeness (QED) is 0.776. The Kier molecular flexibility index (Phi) is 3.75. The van der Waals surface area contributed by atoms with Crippen LogP contribution in [0.2, 0.25) is 0 Å². The molecule has 104 valence electrons. The van der Waals surface area contributed by atoms with Gasteiger partial charge in [-0.15, -0.1) is 0 Å². The van der Waals surface area contributed by atoms with Crippen LogP contribution in [-0.2, 0) is 0 Å². The van der Waals surface area contributed by atoms with Gasteiger partial charge < -0.3 is 15.5 Å². The second-order valence-electron chi connectivity index (χ2n) is 5.38. The van der Waals surface area contributed by atoms with E-state index in [-0.39, 0.29) is 12.2 Å². The van der Waals surface area contributed by atoms with Crippen LogP contribution in [0.15, 0.2) is 6.07 Å². The summed E-state index contributed by atoms with van der Waals surface area (Å²) < 4.78 is 0. The van der Waals surface area contributed by atoms with E-state index >= 15 is 0 Å². The Morgan fingerprint density at radius 2 is 2.05 bits per heavy atom. The molecule has 0 bridgehead atoms. The summed E-state index contributed by atoms with van der Waals surface area (Å²) in [6, 6.07) is 1.76. The van der Waals surface area contributed by atoms with Crippen LogP contribution in [0.1, 0.15) is 47.3 Å². The van der Waals surface area contributed by atoms with Crippen LogP contribution in [0.25, 0.3) is 0 Å². The van der Waals surface area contributed by atoms with Crippen molar-refractivity contribution in [1.82, 2.24) is 4.98 Å². The van der Waals surface area contributed by atoms with Crippen molar-refractivity contribution in [2.45, 2.75) is 45.1 Å². The number of carboxylic acid groups (broad SMARTS) is 1. The first kappa shape index (κ1) is 13.8. The number of pyridine rings is 1. The second kappa shape index (κ2) is 5.17. The maximum atomic E-state index is 11.4. The number of aryl methyl sites for hydroxylation is 2. The number of nitrogens with one attached hydrogen (secondary N) is 1. The lowest BCUT2D eigenvalue weighted by atomic mass is 9.98. The number of aromatic carboxylic acids is 1. The topological polar surface area (TPSA) is 82.5 Å². The molecule has 1 saturated carbocycles. The Hall–Kier alpha value is -1.62. The van der Waals surface area contributed by atoms with Crippen molar-refractivity contribution in [1.29, 1.82) is 0 Å². The molecule has 1 aromatic rings. The highest BCUT2D eigenvalue weighted by molar-refractivity contribution is 5.95.